The molecule has 0 amide bonds. The summed E-state index contributed by atoms with van der Waals surface area (Å²) in [7, 11) is 0. The van der Waals surface area contributed by atoms with E-state index in [0.29, 0.717) is 5.76 Å². The van der Waals surface area contributed by atoms with Crippen LogP contribution in [0.25, 0.3) is 6.08 Å². The van der Waals surface area contributed by atoms with Crippen molar-refractivity contribution in [3.05, 3.63) is 40.0 Å². The highest BCUT2D eigenvalue weighted by atomic mass is 16.6. The van der Waals surface area contributed by atoms with Gasteiger partial charge in [0.15, 0.2) is 0 Å². The molecular formula is C7H7NO3. The Morgan fingerprint density at radius 1 is 1.73 bits per heavy atom. The van der Waals surface area contributed by atoms with Crippen LogP contribution in [0.5, 0.6) is 0 Å². The molecule has 0 unspecified atom stereocenters. The van der Waals surface area contributed by atoms with E-state index in [4.69, 9.17) is 4.42 Å². The van der Waals surface area contributed by atoms with Gasteiger partial charge in [0.25, 0.3) is 0 Å². The van der Waals surface area contributed by atoms with Crippen LogP contribution in [0, 0.1) is 17.0 Å². The Hall–Kier alpha value is -1.58. The number of hydrogen-bond donors (Lipinski definition) is 0. The van der Waals surface area contributed by atoms with E-state index in [-0.39, 0.29) is 0 Å². The molecule has 0 fully saturated rings. The van der Waals surface area contributed by atoms with Crippen molar-refractivity contribution in [1.82, 2.24) is 0 Å². The highest BCUT2D eigenvalue weighted by Crippen LogP contribution is 2.09. The summed E-state index contributed by atoms with van der Waals surface area (Å²) in [6.45, 7) is 1.75. The summed E-state index contributed by atoms with van der Waals surface area (Å²) >= 11 is 0. The molecular weight excluding hydrogens is 146 g/mol. The SMILES string of the molecule is Cc1occc1C=C[N+](=O)[O-]. The van der Waals surface area contributed by atoms with Crippen LogP contribution in [-0.4, -0.2) is 4.92 Å². The molecule has 58 valence electrons. The number of furan rings is 1. The zero-order valence-corrected chi connectivity index (χ0v) is 5.98. The topological polar surface area (TPSA) is 56.3 Å². The summed E-state index contributed by atoms with van der Waals surface area (Å²) in [6, 6.07) is 1.68. The lowest BCUT2D eigenvalue weighted by atomic mass is 10.2. The van der Waals surface area contributed by atoms with Gasteiger partial charge in [-0.15, -0.1) is 0 Å². The van der Waals surface area contributed by atoms with Crippen molar-refractivity contribution >= 4 is 6.08 Å². The predicted octanol–water partition coefficient (Wildman–Crippen LogP) is 1.84. The summed E-state index contributed by atoms with van der Waals surface area (Å²) in [5.74, 6) is 0.683. The second-order valence-electron chi connectivity index (χ2n) is 2.03. The number of hydrogen-bond acceptors (Lipinski definition) is 3. The molecule has 0 N–H and O–H groups in total. The summed E-state index contributed by atoms with van der Waals surface area (Å²) in [6.07, 6.45) is 3.78. The predicted molar refractivity (Wildman–Crippen MR) is 39.5 cm³/mol. The van der Waals surface area contributed by atoms with Crippen LogP contribution >= 0.6 is 0 Å². The molecule has 1 heterocycles. The fourth-order valence-corrected chi connectivity index (χ4v) is 0.709. The maximum Gasteiger partial charge on any atom is 0.235 e. The smallest absolute Gasteiger partial charge is 0.235 e. The van der Waals surface area contributed by atoms with Crippen molar-refractivity contribution in [3.63, 3.8) is 0 Å². The van der Waals surface area contributed by atoms with Gasteiger partial charge in [0.05, 0.1) is 11.2 Å². The van der Waals surface area contributed by atoms with Crippen LogP contribution in [0.1, 0.15) is 11.3 Å². The molecule has 0 saturated carbocycles. The van der Waals surface area contributed by atoms with Gasteiger partial charge in [0, 0.05) is 11.6 Å². The molecule has 11 heavy (non-hydrogen) atoms. The minimum Gasteiger partial charge on any atom is -0.469 e. The van der Waals surface area contributed by atoms with Gasteiger partial charge >= 0.3 is 0 Å². The summed E-state index contributed by atoms with van der Waals surface area (Å²) in [4.78, 5) is 9.39. The van der Waals surface area contributed by atoms with Crippen LogP contribution in [0.15, 0.2) is 22.9 Å². The van der Waals surface area contributed by atoms with Crippen LogP contribution < -0.4 is 0 Å². The van der Waals surface area contributed by atoms with E-state index in [0.717, 1.165) is 11.8 Å². The molecule has 4 nitrogen and oxygen atoms in total. The Morgan fingerprint density at radius 3 is 2.91 bits per heavy atom. The molecule has 0 radical (unpaired) electrons. The van der Waals surface area contributed by atoms with Gasteiger partial charge in [-0.3, -0.25) is 10.1 Å². The van der Waals surface area contributed by atoms with E-state index in [1.807, 2.05) is 0 Å². The number of aryl methyl sites for hydroxylation is 1. The molecule has 0 aliphatic rings. The van der Waals surface area contributed by atoms with E-state index in [9.17, 15) is 10.1 Å². The maximum absolute atomic E-state index is 9.89. The number of rotatable bonds is 2. The van der Waals surface area contributed by atoms with E-state index >= 15 is 0 Å². The van der Waals surface area contributed by atoms with Gasteiger partial charge in [-0.05, 0) is 13.0 Å². The lowest BCUT2D eigenvalue weighted by Crippen LogP contribution is -1.81. The van der Waals surface area contributed by atoms with Crippen molar-refractivity contribution < 1.29 is 9.34 Å². The molecule has 1 aromatic rings. The van der Waals surface area contributed by atoms with Gasteiger partial charge in [-0.1, -0.05) is 0 Å². The average Bonchev–Trinajstić information content (AvgIpc) is 2.31. The normalized spacial score (nSPS) is 10.6. The number of nitrogens with zero attached hydrogens (tertiary/aromatic N) is 1. The molecule has 0 spiro atoms. The van der Waals surface area contributed by atoms with Crippen molar-refractivity contribution in [2.45, 2.75) is 6.92 Å². The first kappa shape index (κ1) is 7.53. The molecule has 1 rings (SSSR count). The first-order chi connectivity index (χ1) is 5.20. The minimum absolute atomic E-state index is 0.508. The maximum atomic E-state index is 9.89. The first-order valence-electron chi connectivity index (χ1n) is 3.06. The standard InChI is InChI=1S/C7H7NO3/c1-6-7(3-5-11-6)2-4-8(9)10/h2-5H,1H3. The lowest BCUT2D eigenvalue weighted by Gasteiger charge is -1.83. The highest BCUT2D eigenvalue weighted by Gasteiger charge is 1.96. The van der Waals surface area contributed by atoms with Crippen molar-refractivity contribution in [3.8, 4) is 0 Å². The Kier molecular flexibility index (Phi) is 2.06. The molecule has 0 aliphatic heterocycles. The largest absolute Gasteiger partial charge is 0.469 e. The van der Waals surface area contributed by atoms with Crippen molar-refractivity contribution in [2.75, 3.05) is 0 Å². The Labute approximate surface area is 63.3 Å². The Balaban J connectivity index is 2.79. The third-order valence-electron chi connectivity index (χ3n) is 1.27. The fraction of sp³-hybridized carbons (Fsp3) is 0.143. The third-order valence-corrected chi connectivity index (χ3v) is 1.27. The lowest BCUT2D eigenvalue weighted by molar-refractivity contribution is -0.400. The van der Waals surface area contributed by atoms with Gasteiger partial charge < -0.3 is 4.42 Å². The molecule has 0 atom stereocenters. The summed E-state index contributed by atoms with van der Waals surface area (Å²) in [5.41, 5.74) is 0.738. The van der Waals surface area contributed by atoms with Crippen LogP contribution in [0.4, 0.5) is 0 Å². The van der Waals surface area contributed by atoms with Gasteiger partial charge in [-0.25, -0.2) is 0 Å². The quantitative estimate of drug-likeness (QED) is 0.481. The molecule has 0 aromatic carbocycles. The monoisotopic (exact) mass is 153 g/mol. The van der Waals surface area contributed by atoms with Gasteiger partial charge in [0.2, 0.25) is 6.20 Å². The number of nitro groups is 1. The third kappa shape index (κ3) is 1.93. The summed E-state index contributed by atoms with van der Waals surface area (Å²) < 4.78 is 4.92. The minimum atomic E-state index is -0.508. The molecule has 0 saturated heterocycles. The molecule has 0 bridgehead atoms. The zero-order chi connectivity index (χ0) is 8.27. The van der Waals surface area contributed by atoms with Crippen LogP contribution in [0.3, 0.4) is 0 Å². The molecule has 4 heteroatoms. The highest BCUT2D eigenvalue weighted by molar-refractivity contribution is 5.49. The van der Waals surface area contributed by atoms with Gasteiger partial charge in [-0.2, -0.15) is 0 Å². The summed E-state index contributed by atoms with van der Waals surface area (Å²) in [5, 5.41) is 9.89. The zero-order valence-electron chi connectivity index (χ0n) is 5.98. The van der Waals surface area contributed by atoms with E-state index < -0.39 is 4.92 Å². The van der Waals surface area contributed by atoms with E-state index in [1.165, 1.54) is 12.3 Å². The van der Waals surface area contributed by atoms with E-state index in [2.05, 4.69) is 0 Å². The Morgan fingerprint density at radius 2 is 2.45 bits per heavy atom. The van der Waals surface area contributed by atoms with Crippen LogP contribution in [-0.2, 0) is 0 Å². The second-order valence-corrected chi connectivity index (χ2v) is 2.03. The fourth-order valence-electron chi connectivity index (χ4n) is 0.709. The first-order valence-corrected chi connectivity index (χ1v) is 3.06. The van der Waals surface area contributed by atoms with Crippen LogP contribution in [0.2, 0.25) is 0 Å². The Bertz CT molecular complexity index is 288. The van der Waals surface area contributed by atoms with Crippen molar-refractivity contribution in [2.24, 2.45) is 0 Å². The molecule has 0 aliphatic carbocycles. The van der Waals surface area contributed by atoms with Crippen molar-refractivity contribution in [1.29, 1.82) is 0 Å². The van der Waals surface area contributed by atoms with E-state index in [1.54, 1.807) is 13.0 Å². The average molecular weight is 153 g/mol. The van der Waals surface area contributed by atoms with Gasteiger partial charge in [0.1, 0.15) is 5.76 Å². The molecule has 1 aromatic heterocycles. The second kappa shape index (κ2) is 3.01.